The third-order valence-electron chi connectivity index (χ3n) is 5.69. The van der Waals surface area contributed by atoms with Crippen LogP contribution in [0.1, 0.15) is 58.8 Å². The van der Waals surface area contributed by atoms with Gasteiger partial charge in [-0.3, -0.25) is 4.90 Å². The molecule has 0 aromatic rings. The summed E-state index contributed by atoms with van der Waals surface area (Å²) < 4.78 is 0. The molecule has 0 radical (unpaired) electrons. The lowest BCUT2D eigenvalue weighted by Crippen LogP contribution is -2.41. The molecule has 18 heavy (non-hydrogen) atoms. The van der Waals surface area contributed by atoms with Gasteiger partial charge in [-0.25, -0.2) is 0 Å². The van der Waals surface area contributed by atoms with Crippen LogP contribution in [0.3, 0.4) is 0 Å². The Kier molecular flexibility index (Phi) is 3.68. The minimum Gasteiger partial charge on any atom is -0.312 e. The van der Waals surface area contributed by atoms with Crippen LogP contribution in [0.2, 0.25) is 0 Å². The number of likely N-dealkylation sites (tertiary alicyclic amines) is 1. The van der Waals surface area contributed by atoms with Gasteiger partial charge < -0.3 is 5.32 Å². The second-order valence-corrected chi connectivity index (χ2v) is 7.67. The average molecular weight is 250 g/mol. The molecule has 2 aliphatic heterocycles. The molecule has 1 unspecified atom stereocenters. The summed E-state index contributed by atoms with van der Waals surface area (Å²) in [6, 6.07) is 1.70. The highest BCUT2D eigenvalue weighted by atomic mass is 15.2. The van der Waals surface area contributed by atoms with Crippen LogP contribution >= 0.6 is 0 Å². The summed E-state index contributed by atoms with van der Waals surface area (Å²) in [4.78, 5) is 2.83. The van der Waals surface area contributed by atoms with Crippen molar-refractivity contribution in [2.75, 3.05) is 19.6 Å². The molecule has 0 aromatic carbocycles. The Morgan fingerprint density at radius 3 is 2.72 bits per heavy atom. The highest BCUT2D eigenvalue weighted by Crippen LogP contribution is 2.37. The quantitative estimate of drug-likeness (QED) is 0.720. The molecule has 3 rings (SSSR count). The van der Waals surface area contributed by atoms with Gasteiger partial charge in [-0.1, -0.05) is 20.3 Å². The first-order valence-corrected chi connectivity index (χ1v) is 8.11. The summed E-state index contributed by atoms with van der Waals surface area (Å²) in [5.74, 6) is 0.954. The number of hydrogen-bond donors (Lipinski definition) is 1. The zero-order valence-corrected chi connectivity index (χ0v) is 12.3. The maximum atomic E-state index is 3.74. The highest BCUT2D eigenvalue weighted by molar-refractivity contribution is 4.95. The third kappa shape index (κ3) is 2.75. The number of nitrogens with one attached hydrogen (secondary N) is 1. The normalized spacial score (nSPS) is 41.3. The molecule has 3 fully saturated rings. The van der Waals surface area contributed by atoms with E-state index in [4.69, 9.17) is 0 Å². The fraction of sp³-hybridized carbons (Fsp3) is 1.00. The highest BCUT2D eigenvalue weighted by Gasteiger charge is 2.38. The van der Waals surface area contributed by atoms with Crippen molar-refractivity contribution in [2.24, 2.45) is 11.3 Å². The summed E-state index contributed by atoms with van der Waals surface area (Å²) in [5.41, 5.74) is 0.597. The molecule has 0 aromatic heterocycles. The second-order valence-electron chi connectivity index (χ2n) is 7.67. The standard InChI is InChI=1S/C16H30N2/c1-16(2)8-3-6-14(7-9-16)18-11-13-5-4-10-17-15(13)12-18/h13-15,17H,3-12H2,1-2H3/t13-,14?,15+/m0/s1. The summed E-state index contributed by atoms with van der Waals surface area (Å²) in [5, 5.41) is 3.74. The van der Waals surface area contributed by atoms with Crippen molar-refractivity contribution < 1.29 is 0 Å². The van der Waals surface area contributed by atoms with Crippen molar-refractivity contribution >= 4 is 0 Å². The maximum Gasteiger partial charge on any atom is 0.0235 e. The van der Waals surface area contributed by atoms with Crippen LogP contribution in [-0.2, 0) is 0 Å². The van der Waals surface area contributed by atoms with Crippen molar-refractivity contribution in [3.63, 3.8) is 0 Å². The third-order valence-corrected chi connectivity index (χ3v) is 5.69. The Morgan fingerprint density at radius 1 is 1.00 bits per heavy atom. The number of hydrogen-bond acceptors (Lipinski definition) is 2. The van der Waals surface area contributed by atoms with E-state index in [1.807, 2.05) is 0 Å². The first kappa shape index (κ1) is 12.9. The molecule has 1 N–H and O–H groups in total. The van der Waals surface area contributed by atoms with Crippen LogP contribution in [0.4, 0.5) is 0 Å². The van der Waals surface area contributed by atoms with E-state index in [1.54, 1.807) is 0 Å². The largest absolute Gasteiger partial charge is 0.312 e. The van der Waals surface area contributed by atoms with Gasteiger partial charge in [0.2, 0.25) is 0 Å². The lowest BCUT2D eigenvalue weighted by molar-refractivity contribution is 0.205. The summed E-state index contributed by atoms with van der Waals surface area (Å²) >= 11 is 0. The van der Waals surface area contributed by atoms with Crippen molar-refractivity contribution in [2.45, 2.75) is 70.9 Å². The molecule has 0 amide bonds. The Labute approximate surface area is 113 Å². The summed E-state index contributed by atoms with van der Waals surface area (Å²) in [7, 11) is 0. The van der Waals surface area contributed by atoms with Crippen LogP contribution in [0.25, 0.3) is 0 Å². The van der Waals surface area contributed by atoms with Crippen LogP contribution in [-0.4, -0.2) is 36.6 Å². The first-order chi connectivity index (χ1) is 8.64. The van der Waals surface area contributed by atoms with E-state index >= 15 is 0 Å². The van der Waals surface area contributed by atoms with Gasteiger partial charge in [0.15, 0.2) is 0 Å². The van der Waals surface area contributed by atoms with Crippen LogP contribution < -0.4 is 5.32 Å². The molecule has 1 aliphatic carbocycles. The van der Waals surface area contributed by atoms with Crippen molar-refractivity contribution in [3.8, 4) is 0 Å². The van der Waals surface area contributed by atoms with Gasteiger partial charge in [-0.05, 0) is 56.4 Å². The predicted octanol–water partition coefficient (Wildman–Crippen LogP) is 3.03. The molecule has 3 aliphatic rings. The van der Waals surface area contributed by atoms with Gasteiger partial charge in [-0.2, -0.15) is 0 Å². The number of piperidine rings is 1. The molecule has 2 heterocycles. The molecule has 0 bridgehead atoms. The number of rotatable bonds is 1. The summed E-state index contributed by atoms with van der Waals surface area (Å²) in [6.45, 7) is 8.88. The molecule has 2 nitrogen and oxygen atoms in total. The molecule has 3 atom stereocenters. The molecule has 2 saturated heterocycles. The number of nitrogens with zero attached hydrogens (tertiary/aromatic N) is 1. The lowest BCUT2D eigenvalue weighted by atomic mass is 9.85. The zero-order chi connectivity index (χ0) is 12.6. The lowest BCUT2D eigenvalue weighted by Gasteiger charge is -2.27. The molecule has 0 spiro atoms. The Balaban J connectivity index is 1.58. The molecular formula is C16H30N2. The monoisotopic (exact) mass is 250 g/mol. The van der Waals surface area contributed by atoms with Crippen LogP contribution in [0.5, 0.6) is 0 Å². The maximum absolute atomic E-state index is 3.74. The molecule has 2 heteroatoms. The first-order valence-electron chi connectivity index (χ1n) is 8.11. The van der Waals surface area contributed by atoms with E-state index in [0.717, 1.165) is 18.0 Å². The smallest absolute Gasteiger partial charge is 0.0235 e. The Morgan fingerprint density at radius 2 is 1.89 bits per heavy atom. The minimum atomic E-state index is 0.597. The van der Waals surface area contributed by atoms with Gasteiger partial charge in [0.1, 0.15) is 0 Å². The van der Waals surface area contributed by atoms with E-state index in [-0.39, 0.29) is 0 Å². The molecular weight excluding hydrogens is 220 g/mol. The van der Waals surface area contributed by atoms with Crippen molar-refractivity contribution in [1.29, 1.82) is 0 Å². The second kappa shape index (κ2) is 5.13. The van der Waals surface area contributed by atoms with Gasteiger partial charge >= 0.3 is 0 Å². The SMILES string of the molecule is CC1(C)CCCC(N2C[C@@H]3CCCN[C@@H]3C2)CC1. The van der Waals surface area contributed by atoms with Crippen molar-refractivity contribution in [1.82, 2.24) is 10.2 Å². The van der Waals surface area contributed by atoms with E-state index in [0.29, 0.717) is 5.41 Å². The number of fused-ring (bicyclic) bond motifs is 1. The molecule has 104 valence electrons. The van der Waals surface area contributed by atoms with E-state index in [9.17, 15) is 0 Å². The van der Waals surface area contributed by atoms with Gasteiger partial charge in [-0.15, -0.1) is 0 Å². The van der Waals surface area contributed by atoms with Crippen molar-refractivity contribution in [3.05, 3.63) is 0 Å². The topological polar surface area (TPSA) is 15.3 Å². The Bertz CT molecular complexity index is 273. The van der Waals surface area contributed by atoms with Crippen LogP contribution in [0, 0.1) is 11.3 Å². The fourth-order valence-corrected chi connectivity index (χ4v) is 4.39. The summed E-state index contributed by atoms with van der Waals surface area (Å²) in [6.07, 6.45) is 10.0. The van der Waals surface area contributed by atoms with Crippen LogP contribution in [0.15, 0.2) is 0 Å². The molecule has 1 saturated carbocycles. The zero-order valence-electron chi connectivity index (χ0n) is 12.3. The minimum absolute atomic E-state index is 0.597. The van der Waals surface area contributed by atoms with Gasteiger partial charge in [0.05, 0.1) is 0 Å². The average Bonchev–Trinajstić information content (AvgIpc) is 2.68. The van der Waals surface area contributed by atoms with E-state index < -0.39 is 0 Å². The predicted molar refractivity (Wildman–Crippen MR) is 76.7 cm³/mol. The van der Waals surface area contributed by atoms with E-state index in [1.165, 1.54) is 64.6 Å². The van der Waals surface area contributed by atoms with Gasteiger partial charge in [0, 0.05) is 25.2 Å². The van der Waals surface area contributed by atoms with Gasteiger partial charge in [0.25, 0.3) is 0 Å². The Hall–Kier alpha value is -0.0800. The van der Waals surface area contributed by atoms with E-state index in [2.05, 4.69) is 24.1 Å². The fourth-order valence-electron chi connectivity index (χ4n) is 4.39.